The maximum absolute atomic E-state index is 4.77. The third-order valence-electron chi connectivity index (χ3n) is 4.88. The van der Waals surface area contributed by atoms with E-state index in [9.17, 15) is 0 Å². The summed E-state index contributed by atoms with van der Waals surface area (Å²) in [6.07, 6.45) is 3.56. The van der Waals surface area contributed by atoms with Crippen molar-refractivity contribution in [1.29, 1.82) is 0 Å². The number of nitrogens with zero attached hydrogens (tertiary/aromatic N) is 6. The van der Waals surface area contributed by atoms with Gasteiger partial charge >= 0.3 is 0 Å². The van der Waals surface area contributed by atoms with Crippen LogP contribution in [0.4, 0.5) is 23.4 Å². The summed E-state index contributed by atoms with van der Waals surface area (Å²) in [6, 6.07) is 10.2. The first kappa shape index (κ1) is 18.2. The van der Waals surface area contributed by atoms with Gasteiger partial charge in [-0.25, -0.2) is 15.0 Å². The summed E-state index contributed by atoms with van der Waals surface area (Å²) in [7, 11) is 0. The van der Waals surface area contributed by atoms with Crippen LogP contribution in [0.25, 0.3) is 0 Å². The number of aryl methyl sites for hydroxylation is 3. The summed E-state index contributed by atoms with van der Waals surface area (Å²) in [5, 5.41) is 3.45. The summed E-state index contributed by atoms with van der Waals surface area (Å²) >= 11 is 0. The molecule has 0 spiro atoms. The Kier molecular flexibility index (Phi) is 5.06. The van der Waals surface area contributed by atoms with Gasteiger partial charge < -0.3 is 15.1 Å². The highest BCUT2D eigenvalue weighted by Gasteiger charge is 2.21. The first-order valence-corrected chi connectivity index (χ1v) is 9.55. The molecule has 0 radical (unpaired) electrons. The van der Waals surface area contributed by atoms with Crippen molar-refractivity contribution >= 4 is 23.4 Å². The molecule has 0 aliphatic carbocycles. The van der Waals surface area contributed by atoms with Crippen molar-refractivity contribution in [3.63, 3.8) is 0 Å². The topological polar surface area (TPSA) is 70.1 Å². The fourth-order valence-electron chi connectivity index (χ4n) is 3.41. The first-order chi connectivity index (χ1) is 13.6. The van der Waals surface area contributed by atoms with Crippen LogP contribution in [0.15, 0.2) is 42.7 Å². The predicted octanol–water partition coefficient (Wildman–Crippen LogP) is 3.26. The van der Waals surface area contributed by atoms with Crippen LogP contribution in [0, 0.1) is 20.8 Å². The molecule has 1 fully saturated rings. The molecule has 3 heterocycles. The molecule has 28 heavy (non-hydrogen) atoms. The summed E-state index contributed by atoms with van der Waals surface area (Å²) in [5.74, 6) is 2.37. The van der Waals surface area contributed by atoms with Gasteiger partial charge in [0.05, 0.1) is 0 Å². The molecule has 0 saturated carbocycles. The van der Waals surface area contributed by atoms with Crippen LogP contribution in [-0.4, -0.2) is 46.1 Å². The second-order valence-corrected chi connectivity index (χ2v) is 7.16. The van der Waals surface area contributed by atoms with Gasteiger partial charge in [-0.15, -0.1) is 0 Å². The monoisotopic (exact) mass is 375 g/mol. The molecule has 1 aliphatic rings. The van der Waals surface area contributed by atoms with Crippen LogP contribution in [0.5, 0.6) is 0 Å². The Balaban J connectivity index is 1.48. The van der Waals surface area contributed by atoms with Crippen LogP contribution in [-0.2, 0) is 0 Å². The van der Waals surface area contributed by atoms with Gasteiger partial charge in [0.25, 0.3) is 0 Å². The van der Waals surface area contributed by atoms with Gasteiger partial charge in [0.2, 0.25) is 11.9 Å². The Hall–Kier alpha value is -3.22. The van der Waals surface area contributed by atoms with Crippen molar-refractivity contribution in [2.45, 2.75) is 20.8 Å². The Labute approximate surface area is 165 Å². The number of hydrogen-bond donors (Lipinski definition) is 1. The van der Waals surface area contributed by atoms with Crippen LogP contribution in [0.3, 0.4) is 0 Å². The van der Waals surface area contributed by atoms with Gasteiger partial charge in [0, 0.05) is 56.0 Å². The van der Waals surface area contributed by atoms with Crippen molar-refractivity contribution in [3.05, 3.63) is 59.5 Å². The largest absolute Gasteiger partial charge is 0.340 e. The summed E-state index contributed by atoms with van der Waals surface area (Å²) < 4.78 is 0. The number of anilines is 4. The van der Waals surface area contributed by atoms with E-state index >= 15 is 0 Å². The lowest BCUT2D eigenvalue weighted by Crippen LogP contribution is -2.47. The van der Waals surface area contributed by atoms with Crippen LogP contribution >= 0.6 is 0 Å². The van der Waals surface area contributed by atoms with Gasteiger partial charge in [-0.3, -0.25) is 0 Å². The Morgan fingerprint density at radius 1 is 0.821 bits per heavy atom. The van der Waals surface area contributed by atoms with E-state index in [1.165, 1.54) is 11.1 Å². The molecule has 144 valence electrons. The summed E-state index contributed by atoms with van der Waals surface area (Å²) in [6.45, 7) is 9.59. The highest BCUT2D eigenvalue weighted by atomic mass is 15.4. The summed E-state index contributed by atoms with van der Waals surface area (Å²) in [4.78, 5) is 22.5. The third kappa shape index (κ3) is 4.03. The average molecular weight is 375 g/mol. The molecule has 1 N–H and O–H groups in total. The van der Waals surface area contributed by atoms with E-state index in [-0.39, 0.29) is 0 Å². The van der Waals surface area contributed by atoms with Crippen molar-refractivity contribution in [3.8, 4) is 0 Å². The van der Waals surface area contributed by atoms with E-state index in [4.69, 9.17) is 4.98 Å². The molecule has 7 heteroatoms. The molecule has 3 aromatic rings. The van der Waals surface area contributed by atoms with Crippen molar-refractivity contribution in [1.82, 2.24) is 19.9 Å². The van der Waals surface area contributed by atoms with Crippen molar-refractivity contribution in [2.75, 3.05) is 41.3 Å². The minimum atomic E-state index is 0.765. The zero-order valence-corrected chi connectivity index (χ0v) is 16.6. The second-order valence-electron chi connectivity index (χ2n) is 7.16. The fraction of sp³-hybridized carbons (Fsp3) is 0.333. The molecule has 4 rings (SSSR count). The van der Waals surface area contributed by atoms with Crippen LogP contribution in [0.1, 0.15) is 16.8 Å². The molecule has 7 nitrogen and oxygen atoms in total. The third-order valence-corrected chi connectivity index (χ3v) is 4.88. The smallest absolute Gasteiger partial charge is 0.227 e. The van der Waals surface area contributed by atoms with Crippen molar-refractivity contribution in [2.24, 2.45) is 0 Å². The number of rotatable bonds is 4. The highest BCUT2D eigenvalue weighted by Crippen LogP contribution is 2.23. The minimum Gasteiger partial charge on any atom is -0.340 e. The van der Waals surface area contributed by atoms with E-state index in [0.717, 1.165) is 55.3 Å². The van der Waals surface area contributed by atoms with Gasteiger partial charge in [-0.1, -0.05) is 17.7 Å². The van der Waals surface area contributed by atoms with E-state index in [1.807, 2.05) is 19.1 Å². The lowest BCUT2D eigenvalue weighted by molar-refractivity contribution is 0.627. The average Bonchev–Trinajstić information content (AvgIpc) is 2.70. The molecule has 1 aliphatic heterocycles. The molecular weight excluding hydrogens is 350 g/mol. The Morgan fingerprint density at radius 3 is 2.18 bits per heavy atom. The van der Waals surface area contributed by atoms with Crippen LogP contribution < -0.4 is 15.1 Å². The molecule has 0 atom stereocenters. The van der Waals surface area contributed by atoms with E-state index in [1.54, 1.807) is 12.4 Å². The molecule has 2 aromatic heterocycles. The molecular formula is C21H25N7. The second kappa shape index (κ2) is 7.80. The Bertz CT molecular complexity index is 950. The lowest BCUT2D eigenvalue weighted by atomic mass is 10.1. The quantitative estimate of drug-likeness (QED) is 0.750. The maximum Gasteiger partial charge on any atom is 0.227 e. The van der Waals surface area contributed by atoms with Gasteiger partial charge in [0.1, 0.15) is 5.82 Å². The Morgan fingerprint density at radius 2 is 1.50 bits per heavy atom. The number of hydrogen-bond acceptors (Lipinski definition) is 7. The molecule has 0 bridgehead atoms. The summed E-state index contributed by atoms with van der Waals surface area (Å²) in [5.41, 5.74) is 4.48. The molecule has 1 saturated heterocycles. The van der Waals surface area contributed by atoms with E-state index < -0.39 is 0 Å². The zero-order valence-electron chi connectivity index (χ0n) is 16.6. The molecule has 1 aromatic carbocycles. The number of aromatic nitrogens is 4. The highest BCUT2D eigenvalue weighted by molar-refractivity contribution is 5.62. The van der Waals surface area contributed by atoms with E-state index in [0.29, 0.717) is 0 Å². The standard InChI is InChI=1S/C21H25N7/c1-15-5-6-18(16(2)13-15)25-19-14-17(3)24-21(26-19)28-11-9-27(10-12-28)20-22-7-4-8-23-20/h4-8,13-14H,9-12H2,1-3H3,(H,24,25,26). The normalized spacial score (nSPS) is 14.2. The van der Waals surface area contributed by atoms with E-state index in [2.05, 4.69) is 62.1 Å². The SMILES string of the molecule is Cc1ccc(Nc2cc(C)nc(N3CCN(c4ncccn4)CC3)n2)c(C)c1. The zero-order chi connectivity index (χ0) is 19.5. The molecule has 0 unspecified atom stereocenters. The van der Waals surface area contributed by atoms with Gasteiger partial charge in [0.15, 0.2) is 0 Å². The minimum absolute atomic E-state index is 0.765. The van der Waals surface area contributed by atoms with Crippen LogP contribution in [0.2, 0.25) is 0 Å². The fourth-order valence-corrected chi connectivity index (χ4v) is 3.41. The number of piperazine rings is 1. The number of nitrogens with one attached hydrogen (secondary N) is 1. The first-order valence-electron chi connectivity index (χ1n) is 9.55. The van der Waals surface area contributed by atoms with Gasteiger partial charge in [-0.2, -0.15) is 4.98 Å². The van der Waals surface area contributed by atoms with Gasteiger partial charge in [-0.05, 0) is 38.5 Å². The lowest BCUT2D eigenvalue weighted by Gasteiger charge is -2.34. The number of benzene rings is 1. The molecule has 0 amide bonds. The van der Waals surface area contributed by atoms with Crippen molar-refractivity contribution < 1.29 is 0 Å². The maximum atomic E-state index is 4.77. The predicted molar refractivity (Wildman–Crippen MR) is 112 cm³/mol.